The molecular formula is C14H21N5O2S. The van der Waals surface area contributed by atoms with Crippen molar-refractivity contribution in [3.05, 3.63) is 36.3 Å². The van der Waals surface area contributed by atoms with E-state index in [1.54, 1.807) is 12.3 Å². The number of rotatable bonds is 5. The molecule has 0 amide bonds. The van der Waals surface area contributed by atoms with E-state index in [1.165, 1.54) is 19.3 Å². The van der Waals surface area contributed by atoms with Gasteiger partial charge in [0, 0.05) is 24.5 Å². The maximum absolute atomic E-state index is 11.6. The third-order valence-corrected chi connectivity index (χ3v) is 4.51. The van der Waals surface area contributed by atoms with Crippen LogP contribution in [0.15, 0.2) is 35.6 Å². The quantitative estimate of drug-likeness (QED) is 0.871. The van der Waals surface area contributed by atoms with Crippen LogP contribution in [-0.2, 0) is 22.1 Å². The average molecular weight is 323 g/mol. The number of sulfonamides is 1. The Kier molecular flexibility index (Phi) is 4.52. The van der Waals surface area contributed by atoms with Gasteiger partial charge in [0.1, 0.15) is 10.7 Å². The second-order valence-electron chi connectivity index (χ2n) is 5.90. The molecule has 0 aliphatic carbocycles. The van der Waals surface area contributed by atoms with Crippen LogP contribution in [-0.4, -0.2) is 30.2 Å². The first kappa shape index (κ1) is 16.4. The Hall–Kier alpha value is -1.93. The van der Waals surface area contributed by atoms with Gasteiger partial charge < -0.3 is 5.32 Å². The molecule has 0 aliphatic heterocycles. The van der Waals surface area contributed by atoms with Crippen LogP contribution in [0.4, 0.5) is 5.82 Å². The smallest absolute Gasteiger partial charge is 0.241 e. The SMILES string of the molecule is CNS(=O)(=O)c1ccc(NCc2cnn(C(C)(C)C)c2)nc1. The van der Waals surface area contributed by atoms with E-state index in [0.717, 1.165) is 5.56 Å². The minimum Gasteiger partial charge on any atom is -0.366 e. The van der Waals surface area contributed by atoms with Crippen molar-refractivity contribution in [2.45, 2.75) is 37.8 Å². The van der Waals surface area contributed by atoms with Gasteiger partial charge >= 0.3 is 0 Å². The standard InChI is InChI=1S/C14H21N5O2S/c1-14(2,3)19-10-11(8-18-19)7-16-13-6-5-12(9-17-13)22(20,21)15-4/h5-6,8-10,15H,7H2,1-4H3,(H,16,17). The van der Waals surface area contributed by atoms with Gasteiger partial charge in [-0.3, -0.25) is 4.68 Å². The molecule has 0 radical (unpaired) electrons. The van der Waals surface area contributed by atoms with Gasteiger partial charge in [0.05, 0.1) is 11.7 Å². The topological polar surface area (TPSA) is 88.9 Å². The van der Waals surface area contributed by atoms with Crippen LogP contribution in [0.1, 0.15) is 26.3 Å². The molecule has 2 rings (SSSR count). The van der Waals surface area contributed by atoms with Gasteiger partial charge in [-0.2, -0.15) is 5.10 Å². The first-order valence-corrected chi connectivity index (χ1v) is 8.38. The van der Waals surface area contributed by atoms with Gasteiger partial charge in [-0.15, -0.1) is 0 Å². The van der Waals surface area contributed by atoms with Crippen LogP contribution in [0.2, 0.25) is 0 Å². The molecule has 7 nitrogen and oxygen atoms in total. The van der Waals surface area contributed by atoms with Crippen molar-refractivity contribution < 1.29 is 8.42 Å². The van der Waals surface area contributed by atoms with Crippen LogP contribution in [0.3, 0.4) is 0 Å². The van der Waals surface area contributed by atoms with Crippen LogP contribution in [0, 0.1) is 0 Å². The normalized spacial score (nSPS) is 12.4. The van der Waals surface area contributed by atoms with E-state index in [-0.39, 0.29) is 10.4 Å². The lowest BCUT2D eigenvalue weighted by Crippen LogP contribution is -2.22. The van der Waals surface area contributed by atoms with E-state index >= 15 is 0 Å². The van der Waals surface area contributed by atoms with Crippen molar-refractivity contribution >= 4 is 15.8 Å². The highest BCUT2D eigenvalue weighted by Crippen LogP contribution is 2.14. The fraction of sp³-hybridized carbons (Fsp3) is 0.429. The van der Waals surface area contributed by atoms with E-state index in [4.69, 9.17) is 0 Å². The number of nitrogens with one attached hydrogen (secondary N) is 2. The lowest BCUT2D eigenvalue weighted by atomic mass is 10.1. The van der Waals surface area contributed by atoms with Crippen molar-refractivity contribution in [1.82, 2.24) is 19.5 Å². The molecule has 0 fully saturated rings. The fourth-order valence-electron chi connectivity index (χ4n) is 1.77. The Morgan fingerprint density at radius 1 is 1.23 bits per heavy atom. The Morgan fingerprint density at radius 3 is 2.45 bits per heavy atom. The van der Waals surface area contributed by atoms with Crippen LogP contribution < -0.4 is 10.0 Å². The highest BCUT2D eigenvalue weighted by Gasteiger charge is 2.14. The van der Waals surface area contributed by atoms with Crippen molar-refractivity contribution in [2.75, 3.05) is 12.4 Å². The summed E-state index contributed by atoms with van der Waals surface area (Å²) < 4.78 is 27.4. The van der Waals surface area contributed by atoms with E-state index in [0.29, 0.717) is 12.4 Å². The second kappa shape index (κ2) is 6.05. The summed E-state index contributed by atoms with van der Waals surface area (Å²) in [5.74, 6) is 0.610. The van der Waals surface area contributed by atoms with Gasteiger partial charge in [0.15, 0.2) is 0 Å². The molecule has 2 N–H and O–H groups in total. The summed E-state index contributed by atoms with van der Waals surface area (Å²) in [5, 5.41) is 7.47. The molecule has 0 bridgehead atoms. The molecule has 2 aromatic heterocycles. The summed E-state index contributed by atoms with van der Waals surface area (Å²) >= 11 is 0. The number of hydrogen-bond acceptors (Lipinski definition) is 5. The van der Waals surface area contributed by atoms with Gasteiger partial charge in [-0.25, -0.2) is 18.1 Å². The van der Waals surface area contributed by atoms with Crippen molar-refractivity contribution in [3.8, 4) is 0 Å². The minimum absolute atomic E-state index is 0.0559. The number of nitrogens with zero attached hydrogens (tertiary/aromatic N) is 3. The molecule has 0 unspecified atom stereocenters. The fourth-order valence-corrected chi connectivity index (χ4v) is 2.45. The molecule has 0 saturated heterocycles. The summed E-state index contributed by atoms with van der Waals surface area (Å²) in [6.07, 6.45) is 5.11. The molecule has 120 valence electrons. The Morgan fingerprint density at radius 2 is 1.95 bits per heavy atom. The summed E-state index contributed by atoms with van der Waals surface area (Å²) in [5.41, 5.74) is 0.975. The summed E-state index contributed by atoms with van der Waals surface area (Å²) in [4.78, 5) is 4.25. The summed E-state index contributed by atoms with van der Waals surface area (Å²) in [6, 6.07) is 3.15. The Bertz CT molecular complexity index is 729. The zero-order valence-electron chi connectivity index (χ0n) is 13.2. The van der Waals surface area contributed by atoms with E-state index in [9.17, 15) is 8.42 Å². The molecule has 0 atom stereocenters. The predicted molar refractivity (Wildman–Crippen MR) is 85.0 cm³/mol. The Labute approximate surface area is 130 Å². The number of hydrogen-bond donors (Lipinski definition) is 2. The lowest BCUT2D eigenvalue weighted by Gasteiger charge is -2.18. The molecule has 0 spiro atoms. The number of pyridine rings is 1. The second-order valence-corrected chi connectivity index (χ2v) is 7.79. The van der Waals surface area contributed by atoms with E-state index in [1.807, 2.05) is 10.9 Å². The molecule has 0 saturated carbocycles. The van der Waals surface area contributed by atoms with Gasteiger partial charge in [-0.05, 0) is 40.0 Å². The summed E-state index contributed by atoms with van der Waals surface area (Å²) in [6.45, 7) is 6.82. The summed E-state index contributed by atoms with van der Waals surface area (Å²) in [7, 11) is -2.08. The zero-order valence-corrected chi connectivity index (χ0v) is 14.0. The van der Waals surface area contributed by atoms with Crippen molar-refractivity contribution in [3.63, 3.8) is 0 Å². The third kappa shape index (κ3) is 3.83. The van der Waals surface area contributed by atoms with E-state index in [2.05, 4.69) is 40.9 Å². The zero-order chi connectivity index (χ0) is 16.4. The monoisotopic (exact) mass is 323 g/mol. The molecular weight excluding hydrogens is 302 g/mol. The number of aromatic nitrogens is 3. The molecule has 2 aromatic rings. The first-order chi connectivity index (χ1) is 10.2. The molecule has 0 aliphatic rings. The average Bonchev–Trinajstić information content (AvgIpc) is 2.94. The number of anilines is 1. The van der Waals surface area contributed by atoms with Crippen molar-refractivity contribution in [1.29, 1.82) is 0 Å². The van der Waals surface area contributed by atoms with Crippen LogP contribution in [0.5, 0.6) is 0 Å². The highest BCUT2D eigenvalue weighted by atomic mass is 32.2. The van der Waals surface area contributed by atoms with E-state index < -0.39 is 10.0 Å². The van der Waals surface area contributed by atoms with Gasteiger partial charge in [-0.1, -0.05) is 0 Å². The Balaban J connectivity index is 2.02. The third-order valence-electron chi connectivity index (χ3n) is 3.11. The van der Waals surface area contributed by atoms with Crippen LogP contribution in [0.25, 0.3) is 0 Å². The predicted octanol–water partition coefficient (Wildman–Crippen LogP) is 1.55. The van der Waals surface area contributed by atoms with Gasteiger partial charge in [0.2, 0.25) is 10.0 Å². The minimum atomic E-state index is -3.45. The van der Waals surface area contributed by atoms with Gasteiger partial charge in [0.25, 0.3) is 0 Å². The maximum Gasteiger partial charge on any atom is 0.241 e. The van der Waals surface area contributed by atoms with Crippen LogP contribution >= 0.6 is 0 Å². The molecule has 22 heavy (non-hydrogen) atoms. The largest absolute Gasteiger partial charge is 0.366 e. The molecule has 8 heteroatoms. The van der Waals surface area contributed by atoms with Crippen molar-refractivity contribution in [2.24, 2.45) is 0 Å². The molecule has 2 heterocycles. The first-order valence-electron chi connectivity index (χ1n) is 6.90. The highest BCUT2D eigenvalue weighted by molar-refractivity contribution is 7.89. The molecule has 0 aromatic carbocycles. The lowest BCUT2D eigenvalue weighted by molar-refractivity contribution is 0.355. The maximum atomic E-state index is 11.6.